The number of aromatic nitrogens is 1. The maximum atomic E-state index is 13.5. The minimum Gasteiger partial charge on any atom is -0.492 e. The van der Waals surface area contributed by atoms with Crippen LogP contribution in [0.25, 0.3) is 0 Å². The summed E-state index contributed by atoms with van der Waals surface area (Å²) in [6.45, 7) is 4.85. The lowest BCUT2D eigenvalue weighted by Gasteiger charge is -2.54. The first kappa shape index (κ1) is 19.6. The first-order valence-electron chi connectivity index (χ1n) is 9.50. The van der Waals surface area contributed by atoms with Crippen molar-refractivity contribution in [3.63, 3.8) is 0 Å². The van der Waals surface area contributed by atoms with E-state index >= 15 is 0 Å². The Morgan fingerprint density at radius 2 is 2.00 bits per heavy atom. The Balaban J connectivity index is 1.58. The van der Waals surface area contributed by atoms with Crippen molar-refractivity contribution in [3.05, 3.63) is 47.8 Å². The van der Waals surface area contributed by atoms with Crippen molar-refractivity contribution < 1.29 is 23.0 Å². The van der Waals surface area contributed by atoms with E-state index in [9.17, 15) is 13.6 Å². The van der Waals surface area contributed by atoms with Crippen LogP contribution in [0.3, 0.4) is 0 Å². The Morgan fingerprint density at radius 3 is 2.69 bits per heavy atom. The third-order valence-electron chi connectivity index (χ3n) is 5.85. The van der Waals surface area contributed by atoms with Crippen LogP contribution in [-0.2, 0) is 4.74 Å². The maximum absolute atomic E-state index is 13.5. The molecule has 2 aliphatic rings. The van der Waals surface area contributed by atoms with Crippen LogP contribution in [0.1, 0.15) is 30.8 Å². The molecule has 1 saturated carbocycles. The standard InChI is InChI=1S/C21H23F2N3O3/c1-21(2)18(14-5-7-29-19(14)21)26-20(27)16-17(28-3)15(4-6-24-16)25-13-9-11(22)8-12(23)10-13/h4,6,8-10,14,18-19H,5,7H2,1-3H3,(H,24,25)(H,26,27). The molecule has 1 amide bonds. The maximum Gasteiger partial charge on any atom is 0.274 e. The molecule has 2 N–H and O–H groups in total. The van der Waals surface area contributed by atoms with Crippen LogP contribution >= 0.6 is 0 Å². The average Bonchev–Trinajstić information content (AvgIpc) is 3.12. The lowest BCUT2D eigenvalue weighted by molar-refractivity contribution is -0.108. The van der Waals surface area contributed by atoms with Crippen molar-refractivity contribution >= 4 is 17.3 Å². The summed E-state index contributed by atoms with van der Waals surface area (Å²) >= 11 is 0. The number of benzene rings is 1. The summed E-state index contributed by atoms with van der Waals surface area (Å²) in [5.74, 6) is -1.29. The molecule has 1 aliphatic heterocycles. The van der Waals surface area contributed by atoms with Gasteiger partial charge in [0.2, 0.25) is 0 Å². The van der Waals surface area contributed by atoms with Crippen LogP contribution < -0.4 is 15.4 Å². The number of methoxy groups -OCH3 is 1. The summed E-state index contributed by atoms with van der Waals surface area (Å²) in [7, 11) is 1.42. The second-order valence-electron chi connectivity index (χ2n) is 8.04. The molecular formula is C21H23F2N3O3. The predicted molar refractivity (Wildman–Crippen MR) is 103 cm³/mol. The fraction of sp³-hybridized carbons (Fsp3) is 0.429. The number of pyridine rings is 1. The number of halogens is 2. The molecule has 3 atom stereocenters. The second kappa shape index (κ2) is 7.26. The van der Waals surface area contributed by atoms with Gasteiger partial charge in [0.15, 0.2) is 11.4 Å². The smallest absolute Gasteiger partial charge is 0.274 e. The summed E-state index contributed by atoms with van der Waals surface area (Å²) in [6.07, 6.45) is 2.51. The molecular weight excluding hydrogens is 380 g/mol. The highest BCUT2D eigenvalue weighted by Crippen LogP contribution is 2.52. The fourth-order valence-electron chi connectivity index (χ4n) is 4.52. The van der Waals surface area contributed by atoms with Crippen molar-refractivity contribution in [2.24, 2.45) is 11.3 Å². The molecule has 3 unspecified atom stereocenters. The van der Waals surface area contributed by atoms with E-state index in [4.69, 9.17) is 9.47 Å². The SMILES string of the molecule is COc1c(Nc2cc(F)cc(F)c2)ccnc1C(=O)NC1C2CCOC2C1(C)C. The molecule has 2 aromatic rings. The van der Waals surface area contributed by atoms with Gasteiger partial charge >= 0.3 is 0 Å². The van der Waals surface area contributed by atoms with E-state index in [0.29, 0.717) is 12.3 Å². The monoisotopic (exact) mass is 403 g/mol. The minimum atomic E-state index is -0.709. The first-order chi connectivity index (χ1) is 13.8. The zero-order chi connectivity index (χ0) is 20.8. The topological polar surface area (TPSA) is 72.5 Å². The van der Waals surface area contributed by atoms with Crippen molar-refractivity contribution in [2.75, 3.05) is 19.0 Å². The van der Waals surface area contributed by atoms with Crippen LogP contribution in [0.2, 0.25) is 0 Å². The molecule has 1 saturated heterocycles. The summed E-state index contributed by atoms with van der Waals surface area (Å²) in [5.41, 5.74) is 0.517. The molecule has 0 bridgehead atoms. The number of anilines is 2. The number of fused-ring (bicyclic) bond motifs is 1. The van der Waals surface area contributed by atoms with Gasteiger partial charge in [0.25, 0.3) is 5.91 Å². The summed E-state index contributed by atoms with van der Waals surface area (Å²) in [6, 6.07) is 4.64. The molecule has 8 heteroatoms. The predicted octanol–water partition coefficient (Wildman–Crippen LogP) is 3.66. The molecule has 0 radical (unpaired) electrons. The zero-order valence-electron chi connectivity index (χ0n) is 16.5. The third kappa shape index (κ3) is 3.42. The number of ether oxygens (including phenoxy) is 2. The summed E-state index contributed by atoms with van der Waals surface area (Å²) < 4.78 is 38.2. The van der Waals surface area contributed by atoms with Crippen molar-refractivity contribution in [3.8, 4) is 5.75 Å². The molecule has 154 valence electrons. The number of amides is 1. The number of nitrogens with zero attached hydrogens (tertiary/aromatic N) is 1. The van der Waals surface area contributed by atoms with E-state index in [1.807, 2.05) is 0 Å². The van der Waals surface area contributed by atoms with Crippen LogP contribution in [0.15, 0.2) is 30.5 Å². The highest BCUT2D eigenvalue weighted by atomic mass is 19.1. The first-order valence-corrected chi connectivity index (χ1v) is 9.50. The molecule has 2 fully saturated rings. The van der Waals surface area contributed by atoms with E-state index in [0.717, 1.165) is 24.6 Å². The van der Waals surface area contributed by atoms with E-state index in [-0.39, 0.29) is 46.5 Å². The molecule has 1 aromatic carbocycles. The molecule has 29 heavy (non-hydrogen) atoms. The van der Waals surface area contributed by atoms with E-state index < -0.39 is 11.6 Å². The second-order valence-corrected chi connectivity index (χ2v) is 8.04. The lowest BCUT2D eigenvalue weighted by atomic mass is 9.57. The quantitative estimate of drug-likeness (QED) is 0.797. The van der Waals surface area contributed by atoms with Gasteiger partial charge in [-0.3, -0.25) is 4.79 Å². The number of carbonyl (C=O) groups excluding carboxylic acids is 1. The van der Waals surface area contributed by atoms with Crippen LogP contribution in [-0.4, -0.2) is 36.8 Å². The molecule has 6 nitrogen and oxygen atoms in total. The third-order valence-corrected chi connectivity index (χ3v) is 5.85. The highest BCUT2D eigenvalue weighted by molar-refractivity contribution is 5.97. The van der Waals surface area contributed by atoms with Gasteiger partial charge in [-0.2, -0.15) is 0 Å². The van der Waals surface area contributed by atoms with Gasteiger partial charge in [0.1, 0.15) is 11.6 Å². The normalized spacial score (nSPS) is 24.4. The summed E-state index contributed by atoms with van der Waals surface area (Å²) in [5, 5.41) is 5.96. The molecule has 1 aliphatic carbocycles. The number of nitrogens with one attached hydrogen (secondary N) is 2. The van der Waals surface area contributed by atoms with Crippen molar-refractivity contribution in [2.45, 2.75) is 32.4 Å². The van der Waals surface area contributed by atoms with Gasteiger partial charge in [-0.05, 0) is 24.6 Å². The van der Waals surface area contributed by atoms with Crippen molar-refractivity contribution in [1.29, 1.82) is 0 Å². The number of carbonyl (C=O) groups is 1. The minimum absolute atomic E-state index is 0.0251. The average molecular weight is 403 g/mol. The fourth-order valence-corrected chi connectivity index (χ4v) is 4.52. The Kier molecular flexibility index (Phi) is 4.90. The van der Waals surface area contributed by atoms with Gasteiger partial charge in [0.05, 0.1) is 18.9 Å². The Morgan fingerprint density at radius 1 is 1.28 bits per heavy atom. The van der Waals surface area contributed by atoms with E-state index in [1.165, 1.54) is 13.3 Å². The lowest BCUT2D eigenvalue weighted by Crippen LogP contribution is -2.66. The van der Waals surface area contributed by atoms with Gasteiger partial charge in [-0.25, -0.2) is 13.8 Å². The number of hydrogen-bond donors (Lipinski definition) is 2. The molecule has 4 rings (SSSR count). The van der Waals surface area contributed by atoms with Crippen LogP contribution in [0.4, 0.5) is 20.2 Å². The van der Waals surface area contributed by atoms with Gasteiger partial charge in [0, 0.05) is 41.9 Å². The Bertz CT molecular complexity index is 931. The van der Waals surface area contributed by atoms with Gasteiger partial charge in [-0.15, -0.1) is 0 Å². The van der Waals surface area contributed by atoms with Crippen LogP contribution in [0.5, 0.6) is 5.75 Å². The van der Waals surface area contributed by atoms with Crippen molar-refractivity contribution in [1.82, 2.24) is 10.3 Å². The molecule has 1 aromatic heterocycles. The Hall–Kier alpha value is -2.74. The van der Waals surface area contributed by atoms with Crippen LogP contribution in [0, 0.1) is 23.0 Å². The number of hydrogen-bond acceptors (Lipinski definition) is 5. The van der Waals surface area contributed by atoms with Gasteiger partial charge in [-0.1, -0.05) is 13.8 Å². The van der Waals surface area contributed by atoms with E-state index in [2.05, 4.69) is 29.5 Å². The van der Waals surface area contributed by atoms with E-state index in [1.54, 1.807) is 6.07 Å². The molecule has 2 heterocycles. The largest absolute Gasteiger partial charge is 0.492 e. The summed E-state index contributed by atoms with van der Waals surface area (Å²) in [4.78, 5) is 17.1. The highest BCUT2D eigenvalue weighted by Gasteiger charge is 2.59. The molecule has 0 spiro atoms. The zero-order valence-corrected chi connectivity index (χ0v) is 16.5. The van der Waals surface area contributed by atoms with Gasteiger partial charge < -0.3 is 20.1 Å². The number of rotatable bonds is 5. The Labute approximate surface area is 167 Å².